The predicted molar refractivity (Wildman–Crippen MR) is 144 cm³/mol. The van der Waals surface area contributed by atoms with Crippen molar-refractivity contribution in [1.82, 2.24) is 0 Å². The highest BCUT2D eigenvalue weighted by molar-refractivity contribution is 5.91. The van der Waals surface area contributed by atoms with E-state index in [1.165, 1.54) is 0 Å². The van der Waals surface area contributed by atoms with E-state index in [0.717, 1.165) is 35.2 Å². The second kappa shape index (κ2) is 9.11. The lowest BCUT2D eigenvalue weighted by atomic mass is 9.53. The maximum atomic E-state index is 14.0. The summed E-state index contributed by atoms with van der Waals surface area (Å²) in [5.74, 6) is 0.0795. The maximum Gasteiger partial charge on any atom is 0.139 e. The van der Waals surface area contributed by atoms with Gasteiger partial charge in [0, 0.05) is 61.5 Å². The first kappa shape index (κ1) is 25.2. The molecule has 4 atom stereocenters. The van der Waals surface area contributed by atoms with Gasteiger partial charge in [0.05, 0.1) is 0 Å². The third-order valence-corrected chi connectivity index (χ3v) is 8.96. The van der Waals surface area contributed by atoms with Crippen molar-refractivity contribution >= 4 is 17.3 Å². The van der Waals surface area contributed by atoms with Crippen LogP contribution in [0.2, 0.25) is 0 Å². The lowest BCUT2D eigenvalue weighted by Crippen LogP contribution is -2.66. The molecule has 2 saturated carbocycles. The van der Waals surface area contributed by atoms with Crippen molar-refractivity contribution in [2.24, 2.45) is 34.1 Å². The molecule has 0 aromatic heterocycles. The molecule has 0 radical (unpaired) electrons. The Morgan fingerprint density at radius 2 is 1.11 bits per heavy atom. The quantitative estimate of drug-likeness (QED) is 0.637. The zero-order valence-corrected chi connectivity index (χ0v) is 22.2. The molecular formula is C31H41N3O2. The largest absolute Gasteiger partial charge is 0.364 e. The lowest BCUT2D eigenvalue weighted by molar-refractivity contribution is -0.138. The highest BCUT2D eigenvalue weighted by Crippen LogP contribution is 2.56. The van der Waals surface area contributed by atoms with Crippen LogP contribution in [0.5, 0.6) is 0 Å². The Bertz CT molecular complexity index is 1090. The summed E-state index contributed by atoms with van der Waals surface area (Å²) in [6.07, 6.45) is 2.97. The van der Waals surface area contributed by atoms with Crippen molar-refractivity contribution in [2.75, 3.05) is 4.90 Å². The van der Waals surface area contributed by atoms with Crippen LogP contribution in [0, 0.1) is 22.7 Å². The number of carbonyl (C=O) groups excluding carboxylic acids is 2. The van der Waals surface area contributed by atoms with E-state index in [1.54, 1.807) is 0 Å². The fourth-order valence-electron chi connectivity index (χ4n) is 7.51. The van der Waals surface area contributed by atoms with Gasteiger partial charge in [0.15, 0.2) is 0 Å². The minimum absolute atomic E-state index is 0.0483. The third-order valence-electron chi connectivity index (χ3n) is 8.96. The molecular weight excluding hydrogens is 446 g/mol. The Labute approximate surface area is 215 Å². The van der Waals surface area contributed by atoms with Gasteiger partial charge in [-0.25, -0.2) is 0 Å². The second-order valence-electron chi connectivity index (χ2n) is 13.0. The molecule has 4 N–H and O–H groups in total. The number of benzene rings is 2. The number of nitrogens with two attached hydrogens (primary N) is 2. The van der Waals surface area contributed by atoms with Gasteiger partial charge in [0.2, 0.25) is 0 Å². The number of rotatable bonds is 4. The standard InChI is InChI=1S/C31H41N3O2/c1-30(2)13-23-28(25(35)15-30)27(21-9-5-19(17-32)6-10-21)29-24(14-31(3,4)16-26(29)36)34(23)22-11-7-20(18-33)8-12-22/h5-12,23-24,27-29H,13-18,32-33H2,1-4H3. The summed E-state index contributed by atoms with van der Waals surface area (Å²) in [6, 6.07) is 16.9. The van der Waals surface area contributed by atoms with Crippen LogP contribution in [-0.2, 0) is 22.7 Å². The number of nitrogens with zero attached hydrogens (tertiary/aromatic N) is 1. The van der Waals surface area contributed by atoms with Gasteiger partial charge < -0.3 is 16.4 Å². The number of anilines is 1. The van der Waals surface area contributed by atoms with Crippen LogP contribution in [0.3, 0.4) is 0 Å². The molecule has 1 heterocycles. The Morgan fingerprint density at radius 1 is 0.694 bits per heavy atom. The fraction of sp³-hybridized carbons (Fsp3) is 0.548. The zero-order chi connectivity index (χ0) is 25.8. The molecule has 36 heavy (non-hydrogen) atoms. The highest BCUT2D eigenvalue weighted by atomic mass is 16.1. The molecule has 5 heteroatoms. The monoisotopic (exact) mass is 487 g/mol. The first-order valence-corrected chi connectivity index (χ1v) is 13.5. The average Bonchev–Trinajstić information content (AvgIpc) is 2.81. The third kappa shape index (κ3) is 4.41. The van der Waals surface area contributed by atoms with Crippen molar-refractivity contribution < 1.29 is 9.59 Å². The Balaban J connectivity index is 1.69. The van der Waals surface area contributed by atoms with Gasteiger partial charge in [-0.05, 0) is 52.5 Å². The number of ketones is 2. The molecule has 3 aliphatic rings. The Morgan fingerprint density at radius 3 is 1.53 bits per heavy atom. The SMILES string of the molecule is CC1(C)CC(=O)C2C(c3ccc(CN)cc3)C3C(=O)CC(C)(C)CC3N(c3ccc(CN)cc3)C2C1. The second-order valence-corrected chi connectivity index (χ2v) is 13.0. The van der Waals surface area contributed by atoms with Crippen molar-refractivity contribution in [1.29, 1.82) is 0 Å². The predicted octanol–water partition coefficient (Wildman–Crippen LogP) is 4.96. The van der Waals surface area contributed by atoms with E-state index in [4.69, 9.17) is 11.5 Å². The van der Waals surface area contributed by atoms with Crippen LogP contribution in [-0.4, -0.2) is 23.7 Å². The van der Waals surface area contributed by atoms with Crippen molar-refractivity contribution in [3.05, 3.63) is 65.2 Å². The van der Waals surface area contributed by atoms with Gasteiger partial charge in [-0.3, -0.25) is 9.59 Å². The molecule has 1 saturated heterocycles. The molecule has 2 aromatic carbocycles. The zero-order valence-electron chi connectivity index (χ0n) is 22.2. The van der Waals surface area contributed by atoms with Gasteiger partial charge >= 0.3 is 0 Å². The maximum absolute atomic E-state index is 14.0. The van der Waals surface area contributed by atoms with E-state index >= 15 is 0 Å². The molecule has 0 amide bonds. The molecule has 4 unspecified atom stereocenters. The summed E-state index contributed by atoms with van der Waals surface area (Å²) in [4.78, 5) is 30.4. The van der Waals surface area contributed by atoms with E-state index in [0.29, 0.717) is 37.5 Å². The highest BCUT2D eigenvalue weighted by Gasteiger charge is 2.59. The summed E-state index contributed by atoms with van der Waals surface area (Å²) in [5, 5.41) is 0. The van der Waals surface area contributed by atoms with Gasteiger partial charge in [0.25, 0.3) is 0 Å². The smallest absolute Gasteiger partial charge is 0.139 e. The summed E-state index contributed by atoms with van der Waals surface area (Å²) >= 11 is 0. The number of carbonyl (C=O) groups is 2. The minimum atomic E-state index is -0.206. The topological polar surface area (TPSA) is 89.4 Å². The molecule has 2 aliphatic carbocycles. The van der Waals surface area contributed by atoms with Crippen LogP contribution in [0.15, 0.2) is 48.5 Å². The fourth-order valence-corrected chi connectivity index (χ4v) is 7.51. The lowest BCUT2D eigenvalue weighted by Gasteiger charge is -2.60. The molecule has 0 bridgehead atoms. The van der Waals surface area contributed by atoms with Crippen LogP contribution in [0.25, 0.3) is 0 Å². The number of fused-ring (bicyclic) bond motifs is 2. The van der Waals surface area contributed by atoms with E-state index in [2.05, 4.69) is 81.1 Å². The van der Waals surface area contributed by atoms with E-state index in [-0.39, 0.29) is 40.7 Å². The number of hydrogen-bond acceptors (Lipinski definition) is 5. The summed E-state index contributed by atoms with van der Waals surface area (Å²) < 4.78 is 0. The number of hydrogen-bond donors (Lipinski definition) is 2. The van der Waals surface area contributed by atoms with E-state index in [1.807, 2.05) is 0 Å². The number of piperidine rings is 1. The Kier molecular flexibility index (Phi) is 6.37. The average molecular weight is 488 g/mol. The molecule has 2 aromatic rings. The summed E-state index contributed by atoms with van der Waals surface area (Å²) in [7, 11) is 0. The van der Waals surface area contributed by atoms with Crippen LogP contribution in [0.4, 0.5) is 5.69 Å². The van der Waals surface area contributed by atoms with Crippen LogP contribution < -0.4 is 16.4 Å². The van der Waals surface area contributed by atoms with Gasteiger partial charge in [-0.1, -0.05) is 64.1 Å². The molecule has 5 nitrogen and oxygen atoms in total. The first-order chi connectivity index (χ1) is 17.0. The summed E-state index contributed by atoms with van der Waals surface area (Å²) in [5.41, 5.74) is 16.0. The van der Waals surface area contributed by atoms with Crippen molar-refractivity contribution in [3.8, 4) is 0 Å². The molecule has 192 valence electrons. The summed E-state index contributed by atoms with van der Waals surface area (Å²) in [6.45, 7) is 9.83. The van der Waals surface area contributed by atoms with Gasteiger partial charge in [0.1, 0.15) is 11.6 Å². The van der Waals surface area contributed by atoms with Gasteiger partial charge in [-0.2, -0.15) is 0 Å². The minimum Gasteiger partial charge on any atom is -0.364 e. The Hall–Kier alpha value is -2.50. The molecule has 0 spiro atoms. The van der Waals surface area contributed by atoms with Gasteiger partial charge in [-0.15, -0.1) is 0 Å². The molecule has 5 rings (SSSR count). The van der Waals surface area contributed by atoms with Crippen molar-refractivity contribution in [2.45, 2.75) is 84.5 Å². The normalized spacial score (nSPS) is 31.1. The van der Waals surface area contributed by atoms with Crippen LogP contribution >= 0.6 is 0 Å². The first-order valence-electron chi connectivity index (χ1n) is 13.5. The molecule has 3 fully saturated rings. The van der Waals surface area contributed by atoms with Crippen LogP contribution in [0.1, 0.15) is 76.0 Å². The molecule has 1 aliphatic heterocycles. The van der Waals surface area contributed by atoms with E-state index < -0.39 is 0 Å². The van der Waals surface area contributed by atoms with E-state index in [9.17, 15) is 9.59 Å². The number of Topliss-reactive ketones (excluding diaryl/α,β-unsaturated/α-hetero) is 2. The van der Waals surface area contributed by atoms with Crippen molar-refractivity contribution in [3.63, 3.8) is 0 Å².